The maximum absolute atomic E-state index is 10.3. The first-order valence-electron chi connectivity index (χ1n) is 9.59. The molecule has 0 spiro atoms. The highest BCUT2D eigenvalue weighted by atomic mass is 28.4. The number of hydrogen-bond donors (Lipinski definition) is 2. The Kier molecular flexibility index (Phi) is 9.05. The summed E-state index contributed by atoms with van der Waals surface area (Å²) in [6.07, 6.45) is 4.17. The SMILES string of the molecule is C=C[C@@H](O)[C@H]1O[C@H](CO[Si](C(C)C)(C(C)C)C(C)C)C/C=C\C[C@@H]1O. The zero-order valence-corrected chi connectivity index (χ0v) is 17.8. The molecule has 0 saturated heterocycles. The Morgan fingerprint density at radius 1 is 1.12 bits per heavy atom. The van der Waals surface area contributed by atoms with E-state index in [1.165, 1.54) is 6.08 Å². The Morgan fingerprint density at radius 3 is 2.12 bits per heavy atom. The Balaban J connectivity index is 2.92. The van der Waals surface area contributed by atoms with Crippen LogP contribution in [0.3, 0.4) is 0 Å². The molecule has 0 aliphatic carbocycles. The fourth-order valence-electron chi connectivity index (χ4n) is 4.27. The fraction of sp³-hybridized carbons (Fsp3) is 0.800. The summed E-state index contributed by atoms with van der Waals surface area (Å²) in [5.74, 6) is 0. The van der Waals surface area contributed by atoms with Crippen molar-refractivity contribution in [3.63, 3.8) is 0 Å². The van der Waals surface area contributed by atoms with Crippen LogP contribution in [-0.2, 0) is 9.16 Å². The Labute approximate surface area is 155 Å². The largest absolute Gasteiger partial charge is 0.413 e. The van der Waals surface area contributed by atoms with Gasteiger partial charge in [-0.2, -0.15) is 0 Å². The number of aliphatic hydroxyl groups excluding tert-OH is 2. The number of aliphatic hydroxyl groups is 2. The molecule has 2 N–H and O–H groups in total. The minimum Gasteiger partial charge on any atom is -0.413 e. The van der Waals surface area contributed by atoms with Gasteiger partial charge in [0, 0.05) is 0 Å². The van der Waals surface area contributed by atoms with E-state index in [0.29, 0.717) is 29.7 Å². The van der Waals surface area contributed by atoms with Crippen molar-refractivity contribution in [2.24, 2.45) is 0 Å². The first kappa shape index (κ1) is 22.6. The van der Waals surface area contributed by atoms with Crippen LogP contribution in [0.5, 0.6) is 0 Å². The van der Waals surface area contributed by atoms with Gasteiger partial charge in [-0.1, -0.05) is 59.8 Å². The summed E-state index contributed by atoms with van der Waals surface area (Å²) in [5, 5.41) is 20.4. The predicted octanol–water partition coefficient (Wildman–Crippen LogP) is 4.19. The summed E-state index contributed by atoms with van der Waals surface area (Å²) < 4.78 is 12.7. The normalized spacial score (nSPS) is 28.0. The molecule has 0 aromatic carbocycles. The van der Waals surface area contributed by atoms with Crippen LogP contribution in [0, 0.1) is 0 Å². The lowest BCUT2D eigenvalue weighted by atomic mass is 10.0. The molecule has 0 amide bonds. The average Bonchev–Trinajstić information content (AvgIpc) is 2.52. The van der Waals surface area contributed by atoms with Gasteiger partial charge < -0.3 is 19.4 Å². The standard InChI is InChI=1S/C20H38O4Si/c1-8-18(21)20-19(22)12-10-9-11-17(24-20)13-23-25(14(2)3,15(4)5)16(6)7/h8-10,14-22H,1,11-13H2,2-7H3/b10-9-/t17-,18+,19-,20+/m0/s1. The third-order valence-corrected chi connectivity index (χ3v) is 11.6. The molecule has 5 heteroatoms. The molecule has 1 rings (SSSR count). The average molecular weight is 371 g/mol. The van der Waals surface area contributed by atoms with E-state index in [9.17, 15) is 10.2 Å². The second-order valence-electron chi connectivity index (χ2n) is 8.09. The van der Waals surface area contributed by atoms with Crippen LogP contribution in [-0.4, -0.2) is 49.6 Å². The second kappa shape index (κ2) is 10.0. The first-order chi connectivity index (χ1) is 11.7. The molecule has 146 valence electrons. The van der Waals surface area contributed by atoms with Gasteiger partial charge in [0.2, 0.25) is 0 Å². The van der Waals surface area contributed by atoms with Crippen molar-refractivity contribution in [3.8, 4) is 0 Å². The van der Waals surface area contributed by atoms with Gasteiger partial charge in [-0.15, -0.1) is 6.58 Å². The van der Waals surface area contributed by atoms with Gasteiger partial charge in [-0.3, -0.25) is 0 Å². The van der Waals surface area contributed by atoms with Crippen LogP contribution in [0.1, 0.15) is 54.4 Å². The van der Waals surface area contributed by atoms with E-state index in [1.807, 2.05) is 12.2 Å². The highest BCUT2D eigenvalue weighted by Gasteiger charge is 2.45. The van der Waals surface area contributed by atoms with Crippen molar-refractivity contribution in [3.05, 3.63) is 24.8 Å². The summed E-state index contributed by atoms with van der Waals surface area (Å²) in [7, 11) is -1.96. The molecule has 0 bridgehead atoms. The molecule has 0 radical (unpaired) electrons. The van der Waals surface area contributed by atoms with Gasteiger partial charge in [-0.05, 0) is 29.5 Å². The Hall–Kier alpha value is -0.463. The monoisotopic (exact) mass is 370 g/mol. The molecule has 1 aliphatic rings. The molecule has 0 unspecified atom stereocenters. The molecule has 1 heterocycles. The van der Waals surface area contributed by atoms with Crippen LogP contribution >= 0.6 is 0 Å². The van der Waals surface area contributed by atoms with E-state index in [2.05, 4.69) is 48.1 Å². The summed E-state index contributed by atoms with van der Waals surface area (Å²) in [6, 6.07) is 0. The van der Waals surface area contributed by atoms with E-state index in [1.54, 1.807) is 0 Å². The molecule has 0 saturated carbocycles. The van der Waals surface area contributed by atoms with E-state index >= 15 is 0 Å². The van der Waals surface area contributed by atoms with Crippen molar-refractivity contribution in [1.82, 2.24) is 0 Å². The lowest BCUT2D eigenvalue weighted by Gasteiger charge is -2.43. The molecule has 4 nitrogen and oxygen atoms in total. The van der Waals surface area contributed by atoms with Crippen molar-refractivity contribution >= 4 is 8.32 Å². The third kappa shape index (κ3) is 5.50. The minimum absolute atomic E-state index is 0.172. The van der Waals surface area contributed by atoms with Crippen LogP contribution < -0.4 is 0 Å². The van der Waals surface area contributed by atoms with E-state index in [0.717, 1.165) is 6.42 Å². The van der Waals surface area contributed by atoms with Crippen LogP contribution in [0.2, 0.25) is 16.6 Å². The second-order valence-corrected chi connectivity index (χ2v) is 13.5. The summed E-state index contributed by atoms with van der Waals surface area (Å²) >= 11 is 0. The van der Waals surface area contributed by atoms with Crippen LogP contribution in [0.4, 0.5) is 0 Å². The predicted molar refractivity (Wildman–Crippen MR) is 106 cm³/mol. The maximum Gasteiger partial charge on any atom is 0.200 e. The smallest absolute Gasteiger partial charge is 0.200 e. The molecule has 25 heavy (non-hydrogen) atoms. The quantitative estimate of drug-likeness (QED) is 0.497. The highest BCUT2D eigenvalue weighted by Crippen LogP contribution is 2.42. The third-order valence-electron chi connectivity index (χ3n) is 5.48. The number of ether oxygens (including phenoxy) is 1. The molecule has 1 aliphatic heterocycles. The molecule has 0 aromatic rings. The summed E-state index contributed by atoms with van der Waals surface area (Å²) in [4.78, 5) is 0. The summed E-state index contributed by atoms with van der Waals surface area (Å²) in [5.41, 5.74) is 1.53. The molecular weight excluding hydrogens is 332 g/mol. The lowest BCUT2D eigenvalue weighted by Crippen LogP contribution is -2.50. The topological polar surface area (TPSA) is 58.9 Å². The van der Waals surface area contributed by atoms with E-state index in [4.69, 9.17) is 9.16 Å². The number of rotatable bonds is 8. The maximum atomic E-state index is 10.3. The van der Waals surface area contributed by atoms with Crippen molar-refractivity contribution in [2.75, 3.05) is 6.61 Å². The zero-order chi connectivity index (χ0) is 19.2. The van der Waals surface area contributed by atoms with Gasteiger partial charge in [0.1, 0.15) is 12.2 Å². The molecule has 4 atom stereocenters. The highest BCUT2D eigenvalue weighted by molar-refractivity contribution is 6.77. The zero-order valence-electron chi connectivity index (χ0n) is 16.8. The van der Waals surface area contributed by atoms with Gasteiger partial charge in [0.15, 0.2) is 8.32 Å². The van der Waals surface area contributed by atoms with E-state index in [-0.39, 0.29) is 6.10 Å². The first-order valence-corrected chi connectivity index (χ1v) is 11.7. The van der Waals surface area contributed by atoms with Gasteiger partial charge >= 0.3 is 0 Å². The van der Waals surface area contributed by atoms with E-state index < -0.39 is 26.6 Å². The van der Waals surface area contributed by atoms with Crippen molar-refractivity contribution in [2.45, 2.75) is 95.4 Å². The van der Waals surface area contributed by atoms with Gasteiger partial charge in [-0.25, -0.2) is 0 Å². The van der Waals surface area contributed by atoms with Crippen LogP contribution in [0.25, 0.3) is 0 Å². The molecule has 0 aromatic heterocycles. The lowest BCUT2D eigenvalue weighted by molar-refractivity contribution is -0.126. The van der Waals surface area contributed by atoms with Crippen LogP contribution in [0.15, 0.2) is 24.8 Å². The fourth-order valence-corrected chi connectivity index (χ4v) is 9.75. The van der Waals surface area contributed by atoms with Crippen molar-refractivity contribution < 1.29 is 19.4 Å². The Bertz CT molecular complexity index is 412. The molecule has 0 fully saturated rings. The molecular formula is C20H38O4Si. The van der Waals surface area contributed by atoms with Gasteiger partial charge in [0.05, 0.1) is 18.8 Å². The minimum atomic E-state index is -1.96. The van der Waals surface area contributed by atoms with Crippen molar-refractivity contribution in [1.29, 1.82) is 0 Å². The Morgan fingerprint density at radius 2 is 1.64 bits per heavy atom. The van der Waals surface area contributed by atoms with Gasteiger partial charge in [0.25, 0.3) is 0 Å². The number of hydrogen-bond acceptors (Lipinski definition) is 4. The summed E-state index contributed by atoms with van der Waals surface area (Å²) in [6.45, 7) is 17.7.